The van der Waals surface area contributed by atoms with Crippen LogP contribution in [0, 0.1) is 23.2 Å². The Labute approximate surface area is 139 Å². The second kappa shape index (κ2) is 7.99. The molecule has 22 heavy (non-hydrogen) atoms. The highest BCUT2D eigenvalue weighted by atomic mass is 79.9. The third-order valence-corrected chi connectivity index (χ3v) is 4.00. The van der Waals surface area contributed by atoms with E-state index in [1.165, 1.54) is 0 Å². The lowest BCUT2D eigenvalue weighted by Crippen LogP contribution is -2.56. The molecule has 0 N–H and O–H groups in total. The van der Waals surface area contributed by atoms with Gasteiger partial charge in [-0.3, -0.25) is 0 Å². The van der Waals surface area contributed by atoms with Crippen molar-refractivity contribution in [2.75, 3.05) is 13.2 Å². The number of ether oxygens (including phenoxy) is 4. The summed E-state index contributed by atoms with van der Waals surface area (Å²) in [6, 6.07) is 2.10. The summed E-state index contributed by atoms with van der Waals surface area (Å²) in [6.07, 6.45) is 3.02. The van der Waals surface area contributed by atoms with Gasteiger partial charge in [-0.05, 0) is 36.2 Å². The fraction of sp³-hybridized carbons (Fsp3) is 0.688. The van der Waals surface area contributed by atoms with Crippen LogP contribution in [0.1, 0.15) is 33.1 Å². The first kappa shape index (κ1) is 17.3. The number of halogens is 1. The van der Waals surface area contributed by atoms with Gasteiger partial charge in [0.05, 0.1) is 23.4 Å². The molecule has 2 aliphatic rings. The van der Waals surface area contributed by atoms with Crippen molar-refractivity contribution in [3.63, 3.8) is 0 Å². The van der Waals surface area contributed by atoms with Crippen molar-refractivity contribution >= 4 is 15.9 Å². The van der Waals surface area contributed by atoms with Crippen LogP contribution in [0.3, 0.4) is 0 Å². The van der Waals surface area contributed by atoms with E-state index >= 15 is 0 Å². The highest BCUT2D eigenvalue weighted by molar-refractivity contribution is 9.11. The molecule has 0 aromatic carbocycles. The van der Waals surface area contributed by atoms with Gasteiger partial charge in [0.2, 0.25) is 0 Å². The van der Waals surface area contributed by atoms with E-state index in [2.05, 4.69) is 33.8 Å². The van der Waals surface area contributed by atoms with Crippen molar-refractivity contribution in [3.8, 4) is 17.9 Å². The molecule has 0 aromatic heterocycles. The quantitative estimate of drug-likeness (QED) is 0.563. The largest absolute Gasteiger partial charge is 0.492 e. The van der Waals surface area contributed by atoms with Crippen LogP contribution in [0.5, 0.6) is 0 Å². The van der Waals surface area contributed by atoms with Gasteiger partial charge in [-0.2, -0.15) is 5.26 Å². The average Bonchev–Trinajstić information content (AvgIpc) is 2.47. The number of nitriles is 1. The number of fused-ring (bicyclic) bond motifs is 1. The minimum Gasteiger partial charge on any atom is -0.492 e. The van der Waals surface area contributed by atoms with Gasteiger partial charge < -0.3 is 18.9 Å². The summed E-state index contributed by atoms with van der Waals surface area (Å²) in [6.45, 7) is 4.53. The molecule has 0 aliphatic carbocycles. The third kappa shape index (κ3) is 4.72. The molecule has 0 unspecified atom stereocenters. The zero-order valence-electron chi connectivity index (χ0n) is 12.8. The molecule has 1 fully saturated rings. The fourth-order valence-electron chi connectivity index (χ4n) is 2.27. The zero-order chi connectivity index (χ0) is 16.0. The Morgan fingerprint density at radius 2 is 2.23 bits per heavy atom. The molecule has 120 valence electrons. The van der Waals surface area contributed by atoms with E-state index < -0.39 is 5.79 Å². The standard InChI is InChI=1S/C16H20BrNO4/c1-16(2)21-11-13-15(22-16)14(12(17)10-20-13)19-9-7-5-3-4-6-8-18/h10,13-15H,3-4,6,9,11H2,1-2H3/t13-,14-,15-/m1/s1. The van der Waals surface area contributed by atoms with Crippen LogP contribution in [0.15, 0.2) is 10.7 Å². The lowest BCUT2D eigenvalue weighted by atomic mass is 10.0. The summed E-state index contributed by atoms with van der Waals surface area (Å²) >= 11 is 3.46. The minimum atomic E-state index is -0.653. The highest BCUT2D eigenvalue weighted by Gasteiger charge is 2.45. The van der Waals surface area contributed by atoms with Gasteiger partial charge in [0.1, 0.15) is 18.8 Å². The first-order valence-electron chi connectivity index (χ1n) is 7.30. The van der Waals surface area contributed by atoms with Crippen LogP contribution in [0.4, 0.5) is 0 Å². The van der Waals surface area contributed by atoms with E-state index in [9.17, 15) is 0 Å². The van der Waals surface area contributed by atoms with Gasteiger partial charge in [0.25, 0.3) is 0 Å². The second-order valence-corrected chi connectivity index (χ2v) is 6.48. The maximum absolute atomic E-state index is 8.45. The number of rotatable bonds is 4. The summed E-state index contributed by atoms with van der Waals surface area (Å²) in [5.41, 5.74) is 0. The maximum Gasteiger partial charge on any atom is 0.163 e. The van der Waals surface area contributed by atoms with Crippen LogP contribution < -0.4 is 0 Å². The molecule has 0 bridgehead atoms. The number of hydrogen-bond donors (Lipinski definition) is 0. The molecule has 2 aliphatic heterocycles. The first-order chi connectivity index (χ1) is 10.5. The van der Waals surface area contributed by atoms with Crippen molar-refractivity contribution in [2.45, 2.75) is 57.2 Å². The highest BCUT2D eigenvalue weighted by Crippen LogP contribution is 2.34. The Hall–Kier alpha value is -1.05. The SMILES string of the molecule is CC1(C)OC[C@H]2OC=C(Br)[C@@H](OCC#CCCCC#N)[C@@H]2O1. The molecule has 2 heterocycles. The third-order valence-electron chi connectivity index (χ3n) is 3.36. The van der Waals surface area contributed by atoms with Crippen molar-refractivity contribution in [3.05, 3.63) is 10.7 Å². The van der Waals surface area contributed by atoms with E-state index in [4.69, 9.17) is 24.2 Å². The Kier molecular flexibility index (Phi) is 6.28. The van der Waals surface area contributed by atoms with Gasteiger partial charge in [-0.25, -0.2) is 0 Å². The Balaban J connectivity index is 1.89. The molecule has 2 rings (SSSR count). The van der Waals surface area contributed by atoms with E-state index in [0.717, 1.165) is 10.9 Å². The summed E-state index contributed by atoms with van der Waals surface area (Å²) in [5, 5.41) is 8.45. The Morgan fingerprint density at radius 1 is 1.41 bits per heavy atom. The summed E-state index contributed by atoms with van der Waals surface area (Å²) in [7, 11) is 0. The van der Waals surface area contributed by atoms with Gasteiger partial charge in [-0.1, -0.05) is 5.92 Å². The number of unbranched alkanes of at least 4 members (excludes halogenated alkanes) is 2. The monoisotopic (exact) mass is 369 g/mol. The smallest absolute Gasteiger partial charge is 0.163 e. The van der Waals surface area contributed by atoms with Crippen LogP contribution in [-0.2, 0) is 18.9 Å². The molecule has 0 spiro atoms. The van der Waals surface area contributed by atoms with Crippen molar-refractivity contribution in [1.82, 2.24) is 0 Å². The molecule has 1 saturated heterocycles. The fourth-order valence-corrected chi connectivity index (χ4v) is 2.77. The lowest BCUT2D eigenvalue weighted by Gasteiger charge is -2.45. The van der Waals surface area contributed by atoms with Gasteiger partial charge in [-0.15, -0.1) is 5.92 Å². The second-order valence-electron chi connectivity index (χ2n) is 5.57. The maximum atomic E-state index is 8.45. The number of nitrogens with zero attached hydrogens (tertiary/aromatic N) is 1. The van der Waals surface area contributed by atoms with E-state index in [1.807, 2.05) is 13.8 Å². The molecule has 3 atom stereocenters. The topological polar surface area (TPSA) is 60.7 Å². The van der Waals surface area contributed by atoms with Crippen LogP contribution in [-0.4, -0.2) is 37.3 Å². The predicted octanol–water partition coefficient (Wildman–Crippen LogP) is 2.86. The van der Waals surface area contributed by atoms with Crippen molar-refractivity contribution in [2.24, 2.45) is 0 Å². The summed E-state index contributed by atoms with van der Waals surface area (Å²) in [5.74, 6) is 5.32. The normalized spacial score (nSPS) is 29.2. The van der Waals surface area contributed by atoms with Crippen molar-refractivity contribution < 1.29 is 18.9 Å². The molecule has 0 amide bonds. The van der Waals surface area contributed by atoms with E-state index in [-0.39, 0.29) is 18.3 Å². The summed E-state index contributed by atoms with van der Waals surface area (Å²) in [4.78, 5) is 0. The zero-order valence-corrected chi connectivity index (χ0v) is 14.4. The van der Waals surface area contributed by atoms with Crippen LogP contribution in [0.25, 0.3) is 0 Å². The predicted molar refractivity (Wildman–Crippen MR) is 83.8 cm³/mol. The molecule has 5 nitrogen and oxygen atoms in total. The van der Waals surface area contributed by atoms with E-state index in [0.29, 0.717) is 26.1 Å². The molecule has 0 aromatic rings. The molecular formula is C16H20BrNO4. The first-order valence-corrected chi connectivity index (χ1v) is 8.10. The summed E-state index contributed by atoms with van der Waals surface area (Å²) < 4.78 is 23.8. The molecular weight excluding hydrogens is 350 g/mol. The van der Waals surface area contributed by atoms with Gasteiger partial charge in [0, 0.05) is 12.8 Å². The molecule has 6 heteroatoms. The van der Waals surface area contributed by atoms with Gasteiger partial charge >= 0.3 is 0 Å². The minimum absolute atomic E-state index is 0.178. The molecule has 0 radical (unpaired) electrons. The van der Waals surface area contributed by atoms with Gasteiger partial charge in [0.15, 0.2) is 11.9 Å². The lowest BCUT2D eigenvalue weighted by molar-refractivity contribution is -0.321. The van der Waals surface area contributed by atoms with Crippen LogP contribution >= 0.6 is 15.9 Å². The Bertz CT molecular complexity index is 514. The average molecular weight is 370 g/mol. The van der Waals surface area contributed by atoms with Crippen LogP contribution in [0.2, 0.25) is 0 Å². The van der Waals surface area contributed by atoms with Crippen molar-refractivity contribution in [1.29, 1.82) is 5.26 Å². The van der Waals surface area contributed by atoms with E-state index in [1.54, 1.807) is 6.26 Å². The molecule has 0 saturated carbocycles. The Morgan fingerprint density at radius 3 is 3.00 bits per heavy atom. The number of hydrogen-bond acceptors (Lipinski definition) is 5.